The highest BCUT2D eigenvalue weighted by molar-refractivity contribution is 5.89. The fourth-order valence-corrected chi connectivity index (χ4v) is 2.57. The van der Waals surface area contributed by atoms with E-state index in [1.165, 1.54) is 0 Å². The molecule has 0 aromatic heterocycles. The summed E-state index contributed by atoms with van der Waals surface area (Å²) in [6, 6.07) is 0. The van der Waals surface area contributed by atoms with E-state index in [2.05, 4.69) is 41.5 Å². The van der Waals surface area contributed by atoms with Gasteiger partial charge in [0.05, 0.1) is 0 Å². The molecule has 2 heteroatoms. The molecule has 0 fully saturated rings. The maximum absolute atomic E-state index is 11.4. The smallest absolute Gasteiger partial charge is 0.156 e. The summed E-state index contributed by atoms with van der Waals surface area (Å²) in [5.41, 5.74) is 5.84. The van der Waals surface area contributed by atoms with E-state index < -0.39 is 0 Å². The lowest BCUT2D eigenvalue weighted by Gasteiger charge is -2.40. The van der Waals surface area contributed by atoms with Crippen LogP contribution in [-0.4, -0.2) is 12.3 Å². The fourth-order valence-electron chi connectivity index (χ4n) is 2.57. The normalized spacial score (nSPS) is 13.6. The van der Waals surface area contributed by atoms with E-state index >= 15 is 0 Å². The van der Waals surface area contributed by atoms with E-state index in [1.807, 2.05) is 6.08 Å². The maximum atomic E-state index is 11.4. The molecular formula is C15H29NO. The molecule has 2 N–H and O–H groups in total. The third-order valence-electron chi connectivity index (χ3n) is 3.16. The third-order valence-corrected chi connectivity index (χ3v) is 3.16. The lowest BCUT2D eigenvalue weighted by molar-refractivity contribution is -0.114. The molecule has 0 heterocycles. The Hall–Kier alpha value is -0.630. The van der Waals surface area contributed by atoms with Crippen LogP contribution >= 0.6 is 0 Å². The molecule has 100 valence electrons. The third kappa shape index (κ3) is 6.62. The van der Waals surface area contributed by atoms with Crippen molar-refractivity contribution >= 4 is 5.78 Å². The first kappa shape index (κ1) is 16.4. The van der Waals surface area contributed by atoms with Gasteiger partial charge in [0.1, 0.15) is 0 Å². The van der Waals surface area contributed by atoms with Gasteiger partial charge in [-0.15, -0.1) is 0 Å². The molecule has 0 atom stereocenters. The van der Waals surface area contributed by atoms with Gasteiger partial charge in [0.25, 0.3) is 0 Å². The Kier molecular flexibility index (Phi) is 6.11. The number of allylic oxidation sites excluding steroid dienone is 2. The number of hydrogen-bond acceptors (Lipinski definition) is 2. The van der Waals surface area contributed by atoms with Gasteiger partial charge >= 0.3 is 0 Å². The monoisotopic (exact) mass is 239 g/mol. The van der Waals surface area contributed by atoms with Crippen molar-refractivity contribution in [1.29, 1.82) is 0 Å². The Morgan fingerprint density at radius 3 is 1.94 bits per heavy atom. The fraction of sp³-hybridized carbons (Fsp3) is 0.800. The van der Waals surface area contributed by atoms with Gasteiger partial charge in [-0.25, -0.2) is 0 Å². The van der Waals surface area contributed by atoms with Gasteiger partial charge in [0, 0.05) is 6.42 Å². The van der Waals surface area contributed by atoms with Crippen molar-refractivity contribution in [3.63, 3.8) is 0 Å². The van der Waals surface area contributed by atoms with Crippen molar-refractivity contribution in [2.75, 3.05) is 6.54 Å². The van der Waals surface area contributed by atoms with Crippen LogP contribution in [0.4, 0.5) is 0 Å². The molecule has 0 bridgehead atoms. The van der Waals surface area contributed by atoms with Gasteiger partial charge in [-0.2, -0.15) is 0 Å². The summed E-state index contributed by atoms with van der Waals surface area (Å²) < 4.78 is 0. The van der Waals surface area contributed by atoms with Crippen LogP contribution in [0, 0.1) is 16.7 Å². The average Bonchev–Trinajstić information content (AvgIpc) is 2.08. The van der Waals surface area contributed by atoms with Crippen molar-refractivity contribution in [2.45, 2.75) is 54.4 Å². The molecule has 0 spiro atoms. The highest BCUT2D eigenvalue weighted by atomic mass is 16.1. The molecule has 0 unspecified atom stereocenters. The summed E-state index contributed by atoms with van der Waals surface area (Å²) in [6.45, 7) is 14.0. The summed E-state index contributed by atoms with van der Waals surface area (Å²) in [7, 11) is 0. The van der Waals surface area contributed by atoms with Crippen LogP contribution in [-0.2, 0) is 4.79 Å². The highest BCUT2D eigenvalue weighted by Crippen LogP contribution is 2.42. The number of ketones is 1. The average molecular weight is 239 g/mol. The van der Waals surface area contributed by atoms with E-state index in [1.54, 1.807) is 6.08 Å². The van der Waals surface area contributed by atoms with Crippen LogP contribution < -0.4 is 5.73 Å². The summed E-state index contributed by atoms with van der Waals surface area (Å²) in [6.07, 6.45) is 5.10. The Morgan fingerprint density at radius 2 is 1.59 bits per heavy atom. The van der Waals surface area contributed by atoms with Gasteiger partial charge in [0.15, 0.2) is 5.78 Å². The molecule has 2 nitrogen and oxygen atoms in total. The molecule has 0 rings (SSSR count). The minimum Gasteiger partial charge on any atom is -0.330 e. The lowest BCUT2D eigenvalue weighted by Crippen LogP contribution is -2.32. The Morgan fingerprint density at radius 1 is 1.12 bits per heavy atom. The van der Waals surface area contributed by atoms with Crippen molar-refractivity contribution in [3.05, 3.63) is 12.2 Å². The van der Waals surface area contributed by atoms with E-state index in [-0.39, 0.29) is 16.6 Å². The summed E-state index contributed by atoms with van der Waals surface area (Å²) in [4.78, 5) is 11.4. The van der Waals surface area contributed by atoms with E-state index in [9.17, 15) is 4.79 Å². The summed E-state index contributed by atoms with van der Waals surface area (Å²) in [5.74, 6) is 0.686. The van der Waals surface area contributed by atoms with Crippen LogP contribution in [0.2, 0.25) is 0 Å². The minimum absolute atomic E-state index is 0.133. The standard InChI is InChI=1S/C15H29NO/c1-14(2,3)13(15(4,5)6)9-7-8-12(17)10-11-16/h7-8,13H,9-11,16H2,1-6H3/b8-7-. The van der Waals surface area contributed by atoms with Gasteiger partial charge in [-0.3, -0.25) is 4.79 Å². The molecule has 0 radical (unpaired) electrons. The first-order valence-electron chi connectivity index (χ1n) is 6.48. The number of hydrogen-bond donors (Lipinski definition) is 1. The van der Waals surface area contributed by atoms with Crippen LogP contribution in [0.25, 0.3) is 0 Å². The maximum Gasteiger partial charge on any atom is 0.156 e. The molecule has 0 saturated carbocycles. The van der Waals surface area contributed by atoms with Crippen molar-refractivity contribution < 1.29 is 4.79 Å². The quantitative estimate of drug-likeness (QED) is 0.745. The van der Waals surface area contributed by atoms with Crippen molar-refractivity contribution in [2.24, 2.45) is 22.5 Å². The van der Waals surface area contributed by atoms with Gasteiger partial charge in [-0.05, 0) is 35.8 Å². The second-order valence-corrected chi connectivity index (χ2v) is 6.93. The van der Waals surface area contributed by atoms with E-state index in [0.29, 0.717) is 18.9 Å². The number of nitrogens with two attached hydrogens (primary N) is 1. The zero-order chi connectivity index (χ0) is 13.7. The molecule has 0 saturated heterocycles. The van der Waals surface area contributed by atoms with Crippen LogP contribution in [0.1, 0.15) is 54.4 Å². The lowest BCUT2D eigenvalue weighted by atomic mass is 9.65. The van der Waals surface area contributed by atoms with Crippen molar-refractivity contribution in [3.8, 4) is 0 Å². The topological polar surface area (TPSA) is 43.1 Å². The molecule has 0 aliphatic heterocycles. The van der Waals surface area contributed by atoms with Gasteiger partial charge in [0.2, 0.25) is 0 Å². The van der Waals surface area contributed by atoms with E-state index in [0.717, 1.165) is 6.42 Å². The highest BCUT2D eigenvalue weighted by Gasteiger charge is 2.33. The second kappa shape index (κ2) is 6.34. The van der Waals surface area contributed by atoms with Gasteiger partial charge in [-0.1, -0.05) is 47.6 Å². The summed E-state index contributed by atoms with van der Waals surface area (Å²) >= 11 is 0. The van der Waals surface area contributed by atoms with E-state index in [4.69, 9.17) is 5.73 Å². The number of rotatable bonds is 5. The van der Waals surface area contributed by atoms with Crippen LogP contribution in [0.3, 0.4) is 0 Å². The number of carbonyl (C=O) groups is 1. The zero-order valence-corrected chi connectivity index (χ0v) is 12.3. The molecule has 0 aliphatic carbocycles. The summed E-state index contributed by atoms with van der Waals surface area (Å²) in [5, 5.41) is 0. The van der Waals surface area contributed by atoms with Crippen molar-refractivity contribution in [1.82, 2.24) is 0 Å². The molecule has 0 aliphatic rings. The molecular weight excluding hydrogens is 210 g/mol. The molecule has 0 amide bonds. The zero-order valence-electron chi connectivity index (χ0n) is 12.3. The predicted molar refractivity (Wildman–Crippen MR) is 74.8 cm³/mol. The number of carbonyl (C=O) groups excluding carboxylic acids is 1. The first-order valence-corrected chi connectivity index (χ1v) is 6.48. The Labute approximate surface area is 107 Å². The predicted octanol–water partition coefficient (Wildman–Crippen LogP) is 3.56. The molecule has 17 heavy (non-hydrogen) atoms. The first-order chi connectivity index (χ1) is 7.59. The Bertz CT molecular complexity index is 252. The van der Waals surface area contributed by atoms with Crippen LogP contribution in [0.15, 0.2) is 12.2 Å². The van der Waals surface area contributed by atoms with Gasteiger partial charge < -0.3 is 5.73 Å². The SMILES string of the molecule is CC(C)(C)C(C/C=C\C(=O)CCN)C(C)(C)C. The second-order valence-electron chi connectivity index (χ2n) is 6.93. The largest absolute Gasteiger partial charge is 0.330 e. The molecule has 0 aromatic carbocycles. The minimum atomic E-state index is 0.133. The molecule has 0 aromatic rings. The van der Waals surface area contributed by atoms with Crippen LogP contribution in [0.5, 0.6) is 0 Å². The Balaban J connectivity index is 4.54.